The first kappa shape index (κ1) is 20.7. The van der Waals surface area contributed by atoms with Gasteiger partial charge in [0.25, 0.3) is 0 Å². The van der Waals surface area contributed by atoms with Gasteiger partial charge in [-0.1, -0.05) is 43.2 Å². The minimum atomic E-state index is -0.224. The van der Waals surface area contributed by atoms with Crippen molar-refractivity contribution in [2.75, 3.05) is 6.61 Å². The average molecular weight is 333 g/mol. The fraction of sp³-hybridized carbons (Fsp3) is 0.682. The monoisotopic (exact) mass is 332 g/mol. The molecule has 0 aromatic rings. The van der Waals surface area contributed by atoms with Gasteiger partial charge in [-0.15, -0.1) is 0 Å². The molecule has 2 fully saturated rings. The fourth-order valence-electron chi connectivity index (χ4n) is 3.63. The molecule has 136 valence electrons. The van der Waals surface area contributed by atoms with E-state index >= 15 is 0 Å². The fourth-order valence-corrected chi connectivity index (χ4v) is 3.63. The van der Waals surface area contributed by atoms with E-state index in [1.165, 1.54) is 42.9 Å². The quantitative estimate of drug-likeness (QED) is 0.425. The maximum Gasteiger partial charge on any atom is 0.302 e. The van der Waals surface area contributed by atoms with Crippen LogP contribution < -0.4 is 0 Å². The van der Waals surface area contributed by atoms with Crippen LogP contribution in [-0.4, -0.2) is 12.6 Å². The topological polar surface area (TPSA) is 26.3 Å². The van der Waals surface area contributed by atoms with Crippen molar-refractivity contribution in [3.63, 3.8) is 0 Å². The molecule has 0 bridgehead atoms. The number of carbonyl (C=O) groups is 1. The molecule has 0 N–H and O–H groups in total. The third kappa shape index (κ3) is 6.30. The minimum absolute atomic E-state index is 0.224. The van der Waals surface area contributed by atoms with Crippen LogP contribution in [0, 0.1) is 17.3 Å². The summed E-state index contributed by atoms with van der Waals surface area (Å²) in [5, 5.41) is 0. The molecule has 2 atom stereocenters. The Morgan fingerprint density at radius 2 is 1.96 bits per heavy atom. The molecular formula is C22H36O2. The SMILES string of the molecule is C=C1CCC2(C(C)C)CC12.CC(=O)OC/C=C(\C)CCC=C(C)C. The van der Waals surface area contributed by atoms with Crippen LogP contribution in [0.15, 0.2) is 35.5 Å². The van der Waals surface area contributed by atoms with E-state index in [4.69, 9.17) is 4.74 Å². The Balaban J connectivity index is 0.000000250. The molecular weight excluding hydrogens is 296 g/mol. The van der Waals surface area contributed by atoms with E-state index in [0.717, 1.165) is 30.1 Å². The van der Waals surface area contributed by atoms with Crippen molar-refractivity contribution in [2.24, 2.45) is 17.3 Å². The predicted molar refractivity (Wildman–Crippen MR) is 103 cm³/mol. The first-order chi connectivity index (χ1) is 11.2. The van der Waals surface area contributed by atoms with Gasteiger partial charge in [-0.05, 0) is 76.2 Å². The van der Waals surface area contributed by atoms with Crippen LogP contribution in [0.1, 0.15) is 73.6 Å². The summed E-state index contributed by atoms with van der Waals surface area (Å²) in [5.41, 5.74) is 4.88. The van der Waals surface area contributed by atoms with E-state index in [0.29, 0.717) is 6.61 Å². The third-order valence-corrected chi connectivity index (χ3v) is 5.48. The number of rotatable bonds is 6. The smallest absolute Gasteiger partial charge is 0.302 e. The molecule has 24 heavy (non-hydrogen) atoms. The van der Waals surface area contributed by atoms with Crippen LogP contribution in [0.4, 0.5) is 0 Å². The molecule has 0 heterocycles. The van der Waals surface area contributed by atoms with Gasteiger partial charge in [0.2, 0.25) is 0 Å². The van der Waals surface area contributed by atoms with Gasteiger partial charge < -0.3 is 4.74 Å². The molecule has 0 aliphatic heterocycles. The molecule has 0 amide bonds. The van der Waals surface area contributed by atoms with Crippen LogP contribution >= 0.6 is 0 Å². The van der Waals surface area contributed by atoms with Crippen LogP contribution in [0.5, 0.6) is 0 Å². The number of allylic oxidation sites excluding steroid dienone is 4. The second-order valence-electron chi connectivity index (χ2n) is 7.98. The zero-order valence-corrected chi connectivity index (χ0v) is 16.6. The van der Waals surface area contributed by atoms with Crippen molar-refractivity contribution in [3.8, 4) is 0 Å². The second kappa shape index (κ2) is 9.25. The summed E-state index contributed by atoms with van der Waals surface area (Å²) in [6.07, 6.45) is 10.4. The standard InChI is InChI=1S/C12H20O2.C10H16/c1-10(2)6-5-7-11(3)8-9-14-12(4)13;1-7(2)10-5-4-8(3)9(10)6-10/h6,8H,5,7,9H2,1-4H3;7,9H,3-6H2,1-2H3/b11-8+;. The predicted octanol–water partition coefficient (Wildman–Crippen LogP) is 6.24. The Hall–Kier alpha value is -1.31. The average Bonchev–Trinajstić information content (AvgIpc) is 3.13. The highest BCUT2D eigenvalue weighted by Crippen LogP contribution is 2.69. The van der Waals surface area contributed by atoms with Gasteiger partial charge in [-0.2, -0.15) is 0 Å². The lowest BCUT2D eigenvalue weighted by Crippen LogP contribution is -2.07. The van der Waals surface area contributed by atoms with Crippen molar-refractivity contribution >= 4 is 5.97 Å². The van der Waals surface area contributed by atoms with Crippen molar-refractivity contribution in [3.05, 3.63) is 35.5 Å². The lowest BCUT2D eigenvalue weighted by atomic mass is 9.90. The van der Waals surface area contributed by atoms with Gasteiger partial charge in [-0.3, -0.25) is 4.79 Å². The molecule has 0 aromatic heterocycles. The highest BCUT2D eigenvalue weighted by Gasteiger charge is 2.59. The normalized spacial score (nSPS) is 24.9. The maximum atomic E-state index is 10.5. The summed E-state index contributed by atoms with van der Waals surface area (Å²) in [5.74, 6) is 1.59. The van der Waals surface area contributed by atoms with E-state index in [-0.39, 0.29) is 5.97 Å². The van der Waals surface area contributed by atoms with Crippen LogP contribution in [0.2, 0.25) is 0 Å². The lowest BCUT2D eigenvalue weighted by molar-refractivity contribution is -0.139. The van der Waals surface area contributed by atoms with E-state index in [9.17, 15) is 4.79 Å². The number of esters is 1. The molecule has 2 rings (SSSR count). The van der Waals surface area contributed by atoms with Crippen molar-refractivity contribution in [2.45, 2.75) is 73.6 Å². The zero-order valence-electron chi connectivity index (χ0n) is 16.6. The van der Waals surface area contributed by atoms with Crippen molar-refractivity contribution < 1.29 is 9.53 Å². The van der Waals surface area contributed by atoms with Crippen molar-refractivity contribution in [1.82, 2.24) is 0 Å². The summed E-state index contributed by atoms with van der Waals surface area (Å²) in [4.78, 5) is 10.5. The molecule has 0 saturated heterocycles. The number of fused-ring (bicyclic) bond motifs is 1. The summed E-state index contributed by atoms with van der Waals surface area (Å²) in [7, 11) is 0. The van der Waals surface area contributed by atoms with Crippen molar-refractivity contribution in [1.29, 1.82) is 0 Å². The number of ether oxygens (including phenoxy) is 1. The number of hydrogen-bond donors (Lipinski definition) is 0. The Morgan fingerprint density at radius 3 is 2.33 bits per heavy atom. The molecule has 2 saturated carbocycles. The van der Waals surface area contributed by atoms with Crippen LogP contribution in [0.3, 0.4) is 0 Å². The molecule has 0 radical (unpaired) electrons. The van der Waals surface area contributed by atoms with E-state index in [2.05, 4.69) is 47.3 Å². The van der Waals surface area contributed by atoms with E-state index in [1.807, 2.05) is 6.08 Å². The molecule has 0 aromatic carbocycles. The third-order valence-electron chi connectivity index (χ3n) is 5.48. The Morgan fingerprint density at radius 1 is 1.29 bits per heavy atom. The molecule has 0 spiro atoms. The molecule has 2 aliphatic rings. The highest BCUT2D eigenvalue weighted by molar-refractivity contribution is 5.66. The molecule has 2 aliphatic carbocycles. The Labute approximate surface area is 149 Å². The summed E-state index contributed by atoms with van der Waals surface area (Å²) >= 11 is 0. The van der Waals surface area contributed by atoms with E-state index in [1.54, 1.807) is 0 Å². The number of carbonyl (C=O) groups excluding carboxylic acids is 1. The summed E-state index contributed by atoms with van der Waals surface area (Å²) in [6.45, 7) is 16.9. The summed E-state index contributed by atoms with van der Waals surface area (Å²) in [6, 6.07) is 0. The van der Waals surface area contributed by atoms with Gasteiger partial charge in [0, 0.05) is 6.92 Å². The zero-order chi connectivity index (χ0) is 18.3. The minimum Gasteiger partial charge on any atom is -0.462 e. The van der Waals surface area contributed by atoms with E-state index < -0.39 is 0 Å². The van der Waals surface area contributed by atoms with Gasteiger partial charge in [0.05, 0.1) is 0 Å². The molecule has 2 unspecified atom stereocenters. The van der Waals surface area contributed by atoms with Crippen LogP contribution in [-0.2, 0) is 9.53 Å². The van der Waals surface area contributed by atoms with Gasteiger partial charge in [0.1, 0.15) is 6.61 Å². The van der Waals surface area contributed by atoms with Gasteiger partial charge in [0.15, 0.2) is 0 Å². The number of hydrogen-bond acceptors (Lipinski definition) is 2. The maximum absolute atomic E-state index is 10.5. The first-order valence-corrected chi connectivity index (χ1v) is 9.29. The molecule has 2 heteroatoms. The summed E-state index contributed by atoms with van der Waals surface area (Å²) < 4.78 is 4.81. The van der Waals surface area contributed by atoms with Gasteiger partial charge in [-0.25, -0.2) is 0 Å². The first-order valence-electron chi connectivity index (χ1n) is 9.29. The highest BCUT2D eigenvalue weighted by atomic mass is 16.5. The van der Waals surface area contributed by atoms with Crippen LogP contribution in [0.25, 0.3) is 0 Å². The largest absolute Gasteiger partial charge is 0.462 e. The molecule has 2 nitrogen and oxygen atoms in total. The Bertz CT molecular complexity index is 506. The van der Waals surface area contributed by atoms with Gasteiger partial charge >= 0.3 is 5.97 Å². The Kier molecular flexibility index (Phi) is 7.99. The lowest BCUT2D eigenvalue weighted by Gasteiger charge is -2.15. The second-order valence-corrected chi connectivity index (χ2v) is 7.98.